The van der Waals surface area contributed by atoms with Gasteiger partial charge in [-0.3, -0.25) is 9.59 Å². The van der Waals surface area contributed by atoms with Gasteiger partial charge in [0.1, 0.15) is 5.82 Å². The number of hydrogen-bond acceptors (Lipinski definition) is 2. The molecule has 0 bridgehead atoms. The highest BCUT2D eigenvalue weighted by Crippen LogP contribution is 2.32. The number of carbonyl (C=O) groups excluding carboxylic acids is 1. The Kier molecular flexibility index (Phi) is 5.23. The summed E-state index contributed by atoms with van der Waals surface area (Å²) in [6.07, 6.45) is -0.444. The van der Waals surface area contributed by atoms with Gasteiger partial charge in [0.05, 0.1) is 12.5 Å². The van der Waals surface area contributed by atoms with Crippen LogP contribution < -0.4 is 5.32 Å². The summed E-state index contributed by atoms with van der Waals surface area (Å²) in [5.41, 5.74) is 0.285. The Balaban J connectivity index is 2.63. The normalized spacial score (nSPS) is 11.8. The Labute approximate surface area is 135 Å². The molecule has 0 aromatic heterocycles. The molecule has 0 aliphatic carbocycles. The van der Waals surface area contributed by atoms with Gasteiger partial charge in [0.2, 0.25) is 6.41 Å². The smallest absolute Gasteiger partial charge is 0.305 e. The second-order valence-electron chi connectivity index (χ2n) is 5.23. The van der Waals surface area contributed by atoms with Crippen molar-refractivity contribution in [2.24, 2.45) is 0 Å². The van der Waals surface area contributed by atoms with Crippen molar-refractivity contribution in [3.8, 4) is 11.1 Å². The molecule has 0 spiro atoms. The number of aliphatic carboxylic acids is 1. The minimum Gasteiger partial charge on any atom is -0.481 e. The van der Waals surface area contributed by atoms with Crippen LogP contribution in [0.1, 0.15) is 23.6 Å². The number of hydrogen-bond donors (Lipinski definition) is 2. The number of carboxylic acid groups (broad SMARTS) is 1. The van der Waals surface area contributed by atoms with Gasteiger partial charge in [0.25, 0.3) is 0 Å². The lowest BCUT2D eigenvalue weighted by molar-refractivity contribution is -0.137. The van der Waals surface area contributed by atoms with E-state index in [2.05, 4.69) is 5.32 Å². The second-order valence-corrected chi connectivity index (χ2v) is 5.23. The summed E-state index contributed by atoms with van der Waals surface area (Å²) >= 11 is 0. The number of nitrogens with one attached hydrogen (secondary N) is 1. The molecule has 0 heterocycles. The third-order valence-electron chi connectivity index (χ3n) is 3.59. The van der Waals surface area contributed by atoms with E-state index in [0.717, 1.165) is 12.1 Å². The van der Waals surface area contributed by atoms with Crippen LogP contribution in [0.15, 0.2) is 30.3 Å². The monoisotopic (exact) mass is 337 g/mol. The lowest BCUT2D eigenvalue weighted by Gasteiger charge is -2.18. The minimum atomic E-state index is -1.30. The molecule has 24 heavy (non-hydrogen) atoms. The van der Waals surface area contributed by atoms with Crippen LogP contribution in [0.5, 0.6) is 0 Å². The summed E-state index contributed by atoms with van der Waals surface area (Å²) in [6.45, 7) is 1.61. The molecule has 0 radical (unpaired) electrons. The SMILES string of the molecule is Cc1cccc(F)c1-c1cc(F)c(F)c(C(CC(=O)O)NC=O)c1. The molecule has 1 unspecified atom stereocenters. The molecule has 2 rings (SSSR count). The molecular formula is C17H14F3NO3. The minimum absolute atomic E-state index is 0.0580. The zero-order chi connectivity index (χ0) is 17.9. The van der Waals surface area contributed by atoms with E-state index in [1.54, 1.807) is 13.0 Å². The van der Waals surface area contributed by atoms with Gasteiger partial charge in [-0.1, -0.05) is 12.1 Å². The number of halogens is 3. The zero-order valence-corrected chi connectivity index (χ0v) is 12.6. The van der Waals surface area contributed by atoms with E-state index in [1.165, 1.54) is 12.1 Å². The maximum absolute atomic E-state index is 14.1. The van der Waals surface area contributed by atoms with Crippen molar-refractivity contribution in [1.29, 1.82) is 0 Å². The molecular weight excluding hydrogens is 323 g/mol. The number of rotatable bonds is 6. The fraction of sp³-hybridized carbons (Fsp3) is 0.176. The van der Waals surface area contributed by atoms with Gasteiger partial charge in [-0.15, -0.1) is 0 Å². The lowest BCUT2D eigenvalue weighted by atomic mass is 9.94. The molecule has 0 saturated heterocycles. The molecule has 126 valence electrons. The number of amides is 1. The maximum Gasteiger partial charge on any atom is 0.305 e. The first kappa shape index (κ1) is 17.5. The van der Waals surface area contributed by atoms with E-state index < -0.39 is 35.9 Å². The summed E-state index contributed by atoms with van der Waals surface area (Å²) in [4.78, 5) is 21.5. The van der Waals surface area contributed by atoms with E-state index in [9.17, 15) is 22.8 Å². The number of benzene rings is 2. The van der Waals surface area contributed by atoms with E-state index in [-0.39, 0.29) is 23.1 Å². The lowest BCUT2D eigenvalue weighted by Crippen LogP contribution is -2.24. The molecule has 1 amide bonds. The van der Waals surface area contributed by atoms with Crippen molar-refractivity contribution in [3.05, 3.63) is 58.9 Å². The van der Waals surface area contributed by atoms with Crippen LogP contribution in [0.4, 0.5) is 13.2 Å². The van der Waals surface area contributed by atoms with Crippen LogP contribution in [-0.2, 0) is 9.59 Å². The van der Waals surface area contributed by atoms with Crippen molar-refractivity contribution < 1.29 is 27.9 Å². The summed E-state index contributed by atoms with van der Waals surface area (Å²) in [7, 11) is 0. The van der Waals surface area contributed by atoms with E-state index in [1.807, 2.05) is 0 Å². The van der Waals surface area contributed by atoms with Gasteiger partial charge < -0.3 is 10.4 Å². The summed E-state index contributed by atoms with van der Waals surface area (Å²) in [6, 6.07) is 4.98. The van der Waals surface area contributed by atoms with E-state index >= 15 is 0 Å². The molecule has 4 nitrogen and oxygen atoms in total. The molecule has 0 saturated carbocycles. The van der Waals surface area contributed by atoms with Crippen molar-refractivity contribution in [2.45, 2.75) is 19.4 Å². The average Bonchev–Trinajstić information content (AvgIpc) is 2.49. The number of carboxylic acids is 1. The topological polar surface area (TPSA) is 66.4 Å². The molecule has 1 atom stereocenters. The highest BCUT2D eigenvalue weighted by Gasteiger charge is 2.23. The molecule has 0 aliphatic heterocycles. The Bertz CT molecular complexity index is 773. The number of aryl methyl sites for hydroxylation is 1. The van der Waals surface area contributed by atoms with E-state index in [0.29, 0.717) is 5.56 Å². The molecule has 2 aromatic rings. The van der Waals surface area contributed by atoms with Crippen LogP contribution in [0.25, 0.3) is 11.1 Å². The van der Waals surface area contributed by atoms with E-state index in [4.69, 9.17) is 5.11 Å². The first-order chi connectivity index (χ1) is 11.3. The Morgan fingerprint density at radius 1 is 1.25 bits per heavy atom. The first-order valence-corrected chi connectivity index (χ1v) is 7.01. The summed E-state index contributed by atoms with van der Waals surface area (Å²) < 4.78 is 42.1. The molecule has 0 fully saturated rings. The van der Waals surface area contributed by atoms with Crippen LogP contribution in [0, 0.1) is 24.4 Å². The van der Waals surface area contributed by atoms with Crippen molar-refractivity contribution >= 4 is 12.4 Å². The summed E-state index contributed by atoms with van der Waals surface area (Å²) in [5, 5.41) is 11.0. The quantitative estimate of drug-likeness (QED) is 0.795. The number of carbonyl (C=O) groups is 2. The Hall–Kier alpha value is -2.83. The molecule has 2 aromatic carbocycles. The Morgan fingerprint density at radius 3 is 2.54 bits per heavy atom. The molecule has 7 heteroatoms. The van der Waals surface area contributed by atoms with Gasteiger partial charge in [0, 0.05) is 11.1 Å². The average molecular weight is 337 g/mol. The highest BCUT2D eigenvalue weighted by atomic mass is 19.2. The first-order valence-electron chi connectivity index (χ1n) is 7.01. The third kappa shape index (κ3) is 3.56. The van der Waals surface area contributed by atoms with Crippen LogP contribution >= 0.6 is 0 Å². The second kappa shape index (κ2) is 7.16. The third-order valence-corrected chi connectivity index (χ3v) is 3.59. The van der Waals surface area contributed by atoms with Gasteiger partial charge in [0.15, 0.2) is 11.6 Å². The van der Waals surface area contributed by atoms with Gasteiger partial charge in [-0.05, 0) is 36.2 Å². The molecule has 2 N–H and O–H groups in total. The van der Waals surface area contributed by atoms with Gasteiger partial charge in [-0.25, -0.2) is 13.2 Å². The van der Waals surface area contributed by atoms with Gasteiger partial charge in [-0.2, -0.15) is 0 Å². The highest BCUT2D eigenvalue weighted by molar-refractivity contribution is 5.71. The summed E-state index contributed by atoms with van der Waals surface area (Å²) in [5.74, 6) is -4.46. The predicted octanol–water partition coefficient (Wildman–Crippen LogP) is 3.34. The largest absolute Gasteiger partial charge is 0.481 e. The van der Waals surface area contributed by atoms with Crippen molar-refractivity contribution in [3.63, 3.8) is 0 Å². The Morgan fingerprint density at radius 2 is 1.96 bits per heavy atom. The van der Waals surface area contributed by atoms with Crippen molar-refractivity contribution in [2.75, 3.05) is 0 Å². The maximum atomic E-state index is 14.1. The van der Waals surface area contributed by atoms with Crippen molar-refractivity contribution in [1.82, 2.24) is 5.32 Å². The van der Waals surface area contributed by atoms with Gasteiger partial charge >= 0.3 is 5.97 Å². The van der Waals surface area contributed by atoms with Crippen LogP contribution in [0.2, 0.25) is 0 Å². The fourth-order valence-corrected chi connectivity index (χ4v) is 2.52. The zero-order valence-electron chi connectivity index (χ0n) is 12.6. The van der Waals surface area contributed by atoms with Crippen LogP contribution in [-0.4, -0.2) is 17.5 Å². The molecule has 0 aliphatic rings. The van der Waals surface area contributed by atoms with Crippen LogP contribution in [0.3, 0.4) is 0 Å². The predicted molar refractivity (Wildman–Crippen MR) is 80.7 cm³/mol. The standard InChI is InChI=1S/C17H14F3NO3/c1-9-3-2-4-12(18)16(9)10-5-11(17(20)13(19)6-10)14(21-8-22)7-15(23)24/h2-6,8,14H,7H2,1H3,(H,21,22)(H,23,24). The fourth-order valence-electron chi connectivity index (χ4n) is 2.52.